The molecule has 0 spiro atoms. The van der Waals surface area contributed by atoms with Crippen LogP contribution in [0.3, 0.4) is 0 Å². The van der Waals surface area contributed by atoms with Gasteiger partial charge in [0.1, 0.15) is 0 Å². The summed E-state index contributed by atoms with van der Waals surface area (Å²) in [6.07, 6.45) is 0.616. The molecular weight excluding hydrogens is 324 g/mol. The normalized spacial score (nSPS) is 16.0. The van der Waals surface area contributed by atoms with Gasteiger partial charge in [-0.3, -0.25) is 0 Å². The van der Waals surface area contributed by atoms with Crippen molar-refractivity contribution in [3.8, 4) is 0 Å². The molecule has 5 heteroatoms. The second-order valence-electron chi connectivity index (χ2n) is 2.84. The number of carboxylic acids is 1. The predicted octanol–water partition coefficient (Wildman–Crippen LogP) is 1.43. The molecule has 0 aliphatic rings. The topological polar surface area (TPSA) is 63.3 Å². The van der Waals surface area contributed by atoms with E-state index in [0.29, 0.717) is 6.42 Å². The van der Waals surface area contributed by atoms with Crippen molar-refractivity contribution in [3.63, 3.8) is 0 Å². The Morgan fingerprint density at radius 1 is 1.73 bits per heavy atom. The molecule has 0 aromatic carbocycles. The summed E-state index contributed by atoms with van der Waals surface area (Å²) in [5, 5.41) is 9.46. The fraction of sp³-hybridized carbons (Fsp3) is 0.833. The number of hydrogen-bond acceptors (Lipinski definition) is 2. The van der Waals surface area contributed by atoms with Gasteiger partial charge in [-0.2, -0.15) is 0 Å². The Labute approximate surface area is 80.7 Å². The Kier molecular flexibility index (Phi) is 4.93. The van der Waals surface area contributed by atoms with E-state index in [1.54, 1.807) is 0 Å². The molecule has 0 saturated heterocycles. The van der Waals surface area contributed by atoms with E-state index in [0.717, 1.165) is 5.32 Å². The fourth-order valence-corrected chi connectivity index (χ4v) is 3.56. The summed E-state index contributed by atoms with van der Waals surface area (Å²) < 4.78 is 0. The number of hydrogen-bond donors (Lipinski definition) is 2. The maximum absolute atomic E-state index is 10.3. The molecule has 68 valence electrons. The average molecular weight is 338 g/mol. The van der Waals surface area contributed by atoms with Gasteiger partial charge in [0.25, 0.3) is 0 Å². The zero-order valence-corrected chi connectivity index (χ0v) is 10.6. The third kappa shape index (κ3) is 7.05. The molecule has 0 bridgehead atoms. The molecule has 11 heavy (non-hydrogen) atoms. The molecule has 0 amide bonds. The molecule has 0 saturated carbocycles. The monoisotopic (exact) mass is 339 g/mol. The summed E-state index contributed by atoms with van der Waals surface area (Å²) in [5.74, 6) is 3.54. The molecule has 0 aromatic heterocycles. The van der Waals surface area contributed by atoms with Crippen LogP contribution in [0.1, 0.15) is 6.42 Å². The van der Waals surface area contributed by atoms with Gasteiger partial charge in [0.2, 0.25) is 0 Å². The first kappa shape index (κ1) is 11.7. The van der Waals surface area contributed by atoms with Crippen LogP contribution in [0.5, 0.6) is 0 Å². The molecule has 1 atom stereocenters. The first-order valence-electron chi connectivity index (χ1n) is 3.22. The van der Waals surface area contributed by atoms with Crippen LogP contribution in [0.25, 0.3) is 0 Å². The zero-order chi connectivity index (χ0) is 9.07. The minimum absolute atomic E-state index is 0.616. The van der Waals surface area contributed by atoms with E-state index in [2.05, 4.69) is 32.0 Å². The summed E-state index contributed by atoms with van der Waals surface area (Å²) in [6.45, 7) is 0. The van der Waals surface area contributed by atoms with Crippen LogP contribution < -0.4 is 5.73 Å². The number of halogens is 1. The zero-order valence-electron chi connectivity index (χ0n) is 6.71. The number of rotatable bonds is 4. The third-order valence-corrected chi connectivity index (χ3v) is 6.05. The summed E-state index contributed by atoms with van der Waals surface area (Å²) in [5.41, 5.74) is 5.35. The number of carboxylic acid groups (broad SMARTS) is 1. The first-order valence-corrected chi connectivity index (χ1v) is 13.1. The SMILES string of the molecule is C[Se](C)(I)CCC(N)C(=O)O. The number of nitrogens with two attached hydrogens (primary N) is 1. The maximum atomic E-state index is 10.3. The number of carbonyl (C=O) groups is 1. The van der Waals surface area contributed by atoms with Gasteiger partial charge in [-0.1, -0.05) is 0 Å². The fourth-order valence-electron chi connectivity index (χ4n) is 0.531. The molecule has 0 aliphatic heterocycles. The molecule has 0 aliphatic carbocycles. The van der Waals surface area contributed by atoms with Crippen LogP contribution in [-0.2, 0) is 4.79 Å². The molecule has 0 aromatic rings. The van der Waals surface area contributed by atoms with Crippen LogP contribution in [0.4, 0.5) is 0 Å². The first-order chi connectivity index (χ1) is 4.83. The van der Waals surface area contributed by atoms with Gasteiger partial charge in [0.05, 0.1) is 0 Å². The van der Waals surface area contributed by atoms with Gasteiger partial charge >= 0.3 is 81.0 Å². The van der Waals surface area contributed by atoms with E-state index in [4.69, 9.17) is 10.8 Å². The quantitative estimate of drug-likeness (QED) is 0.602. The van der Waals surface area contributed by atoms with Gasteiger partial charge in [-0.25, -0.2) is 0 Å². The van der Waals surface area contributed by atoms with Crippen LogP contribution in [0.15, 0.2) is 0 Å². The van der Waals surface area contributed by atoms with E-state index in [-0.39, 0.29) is 0 Å². The Balaban J connectivity index is 3.63. The molecule has 0 fully saturated rings. The van der Waals surface area contributed by atoms with E-state index in [1.807, 2.05) is 0 Å². The Hall–Kier alpha value is 0.679. The molecule has 0 heterocycles. The third-order valence-electron chi connectivity index (χ3n) is 1.23. The summed E-state index contributed by atoms with van der Waals surface area (Å²) >= 11 is 2.44. The van der Waals surface area contributed by atoms with E-state index < -0.39 is 21.6 Å². The van der Waals surface area contributed by atoms with Crippen molar-refractivity contribution < 1.29 is 9.90 Å². The van der Waals surface area contributed by atoms with E-state index in [9.17, 15) is 4.79 Å². The van der Waals surface area contributed by atoms with Crippen molar-refractivity contribution in [1.29, 1.82) is 0 Å². The molecular formula is C6H14INO2Se. The Morgan fingerprint density at radius 3 is 2.45 bits per heavy atom. The molecule has 0 radical (unpaired) electrons. The van der Waals surface area contributed by atoms with Crippen molar-refractivity contribution in [2.24, 2.45) is 5.73 Å². The van der Waals surface area contributed by atoms with Gasteiger partial charge in [0, 0.05) is 0 Å². The van der Waals surface area contributed by atoms with E-state index in [1.165, 1.54) is 0 Å². The van der Waals surface area contributed by atoms with Crippen molar-refractivity contribution in [2.75, 3.05) is 0 Å². The van der Waals surface area contributed by atoms with E-state index >= 15 is 0 Å². The van der Waals surface area contributed by atoms with Crippen LogP contribution >= 0.6 is 20.3 Å². The van der Waals surface area contributed by atoms with Gasteiger partial charge in [-0.15, -0.1) is 0 Å². The Bertz CT molecular complexity index is 146. The molecule has 3 N–H and O–H groups in total. The van der Waals surface area contributed by atoms with Crippen molar-refractivity contribution in [3.05, 3.63) is 0 Å². The Morgan fingerprint density at radius 2 is 2.18 bits per heavy atom. The van der Waals surface area contributed by atoms with Gasteiger partial charge in [0.15, 0.2) is 0 Å². The van der Waals surface area contributed by atoms with Crippen molar-refractivity contribution in [1.82, 2.24) is 0 Å². The second-order valence-corrected chi connectivity index (χ2v) is 22.0. The molecule has 3 nitrogen and oxygen atoms in total. The van der Waals surface area contributed by atoms with Crippen LogP contribution in [0.2, 0.25) is 17.0 Å². The van der Waals surface area contributed by atoms with Crippen LogP contribution in [0, 0.1) is 0 Å². The summed E-state index contributed by atoms with van der Waals surface area (Å²) in [7, 11) is -1.30. The van der Waals surface area contributed by atoms with Gasteiger partial charge in [-0.05, 0) is 0 Å². The summed E-state index contributed by atoms with van der Waals surface area (Å²) in [4.78, 5) is 10.3. The average Bonchev–Trinajstić information content (AvgIpc) is 1.80. The predicted molar refractivity (Wildman–Crippen MR) is 56.5 cm³/mol. The molecule has 0 rings (SSSR count). The van der Waals surface area contributed by atoms with Crippen molar-refractivity contribution >= 4 is 35.9 Å². The van der Waals surface area contributed by atoms with Crippen molar-refractivity contribution in [2.45, 2.75) is 29.4 Å². The second kappa shape index (κ2) is 4.64. The van der Waals surface area contributed by atoms with Gasteiger partial charge < -0.3 is 0 Å². The standard InChI is InChI=1S/C6H14INO2Se/c1-11(2,7)4-3-5(8)6(9)10/h5H,3-4,8H2,1-2H3,(H,9,10). The van der Waals surface area contributed by atoms with Crippen LogP contribution in [-0.4, -0.2) is 26.7 Å². The molecule has 1 unspecified atom stereocenters. The minimum atomic E-state index is -1.30. The number of aliphatic carboxylic acids is 1. The summed E-state index contributed by atoms with van der Waals surface area (Å²) in [6, 6.07) is -0.666.